The Morgan fingerprint density at radius 2 is 1.65 bits per heavy atom. The third kappa shape index (κ3) is 3.29. The number of benzene rings is 2. The maximum Gasteiger partial charge on any atom is 0.272 e. The van der Waals surface area contributed by atoms with Crippen molar-refractivity contribution >= 4 is 16.7 Å². The van der Waals surface area contributed by atoms with Gasteiger partial charge in [0.25, 0.3) is 5.56 Å². The first-order valence-corrected chi connectivity index (χ1v) is 5.96. The number of carbonyl (C=O) groups excluding carboxylic acids is 1. The van der Waals surface area contributed by atoms with Gasteiger partial charge in [0.05, 0.1) is 6.20 Å². The Hall–Kier alpha value is -2.95. The lowest BCUT2D eigenvalue weighted by Crippen LogP contribution is -2.09. The molecular formula is C15H13N3O2. The predicted octanol–water partition coefficient (Wildman–Crippen LogP) is 1.71. The Balaban J connectivity index is 0.000000151. The number of nitrogens with zero attached hydrogens (tertiary/aromatic N) is 1. The molecule has 5 heteroatoms. The number of fused-ring (bicyclic) bond motifs is 1. The van der Waals surface area contributed by atoms with E-state index in [-0.39, 0.29) is 11.5 Å². The number of H-pyrrole nitrogens is 1. The smallest absolute Gasteiger partial charge is 0.272 e. The number of hydrogen-bond acceptors (Lipinski definition) is 3. The van der Waals surface area contributed by atoms with Crippen molar-refractivity contribution in [1.29, 1.82) is 0 Å². The summed E-state index contributed by atoms with van der Waals surface area (Å²) in [5, 5.41) is 7.60. The van der Waals surface area contributed by atoms with Crippen molar-refractivity contribution in [3.05, 3.63) is 76.7 Å². The quantitative estimate of drug-likeness (QED) is 0.703. The predicted molar refractivity (Wildman–Crippen MR) is 77.3 cm³/mol. The van der Waals surface area contributed by atoms with Gasteiger partial charge in [-0.3, -0.25) is 9.59 Å². The van der Waals surface area contributed by atoms with Crippen molar-refractivity contribution in [2.45, 2.75) is 0 Å². The fourth-order valence-corrected chi connectivity index (χ4v) is 1.64. The van der Waals surface area contributed by atoms with Gasteiger partial charge in [-0.1, -0.05) is 36.4 Å². The van der Waals surface area contributed by atoms with Gasteiger partial charge in [0.1, 0.15) is 0 Å². The molecule has 20 heavy (non-hydrogen) atoms. The molecule has 0 radical (unpaired) electrons. The zero-order valence-electron chi connectivity index (χ0n) is 10.6. The molecule has 3 N–H and O–H groups in total. The molecule has 0 unspecified atom stereocenters. The van der Waals surface area contributed by atoms with Crippen molar-refractivity contribution in [2.75, 3.05) is 0 Å². The maximum atomic E-state index is 11.1. The molecule has 0 saturated heterocycles. The van der Waals surface area contributed by atoms with Crippen LogP contribution in [0.1, 0.15) is 10.4 Å². The zero-order chi connectivity index (χ0) is 14.4. The Kier molecular flexibility index (Phi) is 4.24. The number of aromatic nitrogens is 2. The first-order chi connectivity index (χ1) is 9.68. The number of hydrogen-bond donors (Lipinski definition) is 2. The van der Waals surface area contributed by atoms with Gasteiger partial charge in [-0.25, -0.2) is 5.10 Å². The monoisotopic (exact) mass is 267 g/mol. The average Bonchev–Trinajstić information content (AvgIpc) is 2.49. The van der Waals surface area contributed by atoms with Crippen LogP contribution in [0.3, 0.4) is 0 Å². The lowest BCUT2D eigenvalue weighted by atomic mass is 10.2. The van der Waals surface area contributed by atoms with E-state index in [9.17, 15) is 9.59 Å². The summed E-state index contributed by atoms with van der Waals surface area (Å²) < 4.78 is 0. The van der Waals surface area contributed by atoms with Crippen LogP contribution in [-0.4, -0.2) is 16.1 Å². The Morgan fingerprint density at radius 3 is 2.25 bits per heavy atom. The van der Waals surface area contributed by atoms with E-state index >= 15 is 0 Å². The van der Waals surface area contributed by atoms with Crippen LogP contribution in [0.15, 0.2) is 65.6 Å². The van der Waals surface area contributed by atoms with E-state index in [4.69, 9.17) is 5.73 Å². The number of nitrogens with one attached hydrogen (secondary N) is 1. The number of carbonyl (C=O) groups is 1. The summed E-state index contributed by atoms with van der Waals surface area (Å²) in [4.78, 5) is 21.5. The molecule has 1 aromatic heterocycles. The molecule has 3 rings (SSSR count). The van der Waals surface area contributed by atoms with Gasteiger partial charge < -0.3 is 5.73 Å². The fraction of sp³-hybridized carbons (Fsp3) is 0. The molecule has 0 saturated carbocycles. The molecule has 5 nitrogen and oxygen atoms in total. The third-order valence-electron chi connectivity index (χ3n) is 2.63. The summed E-state index contributed by atoms with van der Waals surface area (Å²) in [6.07, 6.45) is 1.64. The van der Waals surface area contributed by atoms with Crippen molar-refractivity contribution in [1.82, 2.24) is 10.2 Å². The largest absolute Gasteiger partial charge is 0.366 e. The average molecular weight is 267 g/mol. The van der Waals surface area contributed by atoms with Crippen LogP contribution < -0.4 is 11.3 Å². The molecule has 2 aromatic carbocycles. The van der Waals surface area contributed by atoms with Gasteiger partial charge in [-0.05, 0) is 18.2 Å². The van der Waals surface area contributed by atoms with E-state index in [1.54, 1.807) is 36.5 Å². The SMILES string of the molecule is NC(=O)c1ccccc1.O=c1[nH]ncc2ccccc12. The molecule has 100 valence electrons. The van der Waals surface area contributed by atoms with Gasteiger partial charge in [0, 0.05) is 16.3 Å². The molecule has 0 aliphatic carbocycles. The second-order valence-corrected chi connectivity index (χ2v) is 4.02. The highest BCUT2D eigenvalue weighted by molar-refractivity contribution is 5.92. The summed E-state index contributed by atoms with van der Waals surface area (Å²) in [5.74, 6) is -0.379. The highest BCUT2D eigenvalue weighted by Gasteiger charge is 1.94. The van der Waals surface area contributed by atoms with E-state index in [2.05, 4.69) is 10.2 Å². The molecule has 0 fully saturated rings. The minimum atomic E-state index is -0.379. The number of rotatable bonds is 1. The molecule has 0 aliphatic rings. The number of aromatic amines is 1. The summed E-state index contributed by atoms with van der Waals surface area (Å²) in [7, 11) is 0. The van der Waals surface area contributed by atoms with Crippen molar-refractivity contribution in [3.63, 3.8) is 0 Å². The van der Waals surface area contributed by atoms with Gasteiger partial charge in [-0.15, -0.1) is 0 Å². The number of nitrogens with two attached hydrogens (primary N) is 1. The van der Waals surface area contributed by atoms with E-state index in [1.807, 2.05) is 24.3 Å². The van der Waals surface area contributed by atoms with Crippen LogP contribution in [-0.2, 0) is 0 Å². The normalized spacial score (nSPS) is 9.60. The first-order valence-electron chi connectivity index (χ1n) is 5.96. The Labute approximate surface area is 115 Å². The van der Waals surface area contributed by atoms with Crippen molar-refractivity contribution in [3.8, 4) is 0 Å². The molecule has 0 aliphatic heterocycles. The van der Waals surface area contributed by atoms with Gasteiger partial charge in [0.2, 0.25) is 5.91 Å². The molecule has 0 bridgehead atoms. The minimum Gasteiger partial charge on any atom is -0.366 e. The lowest BCUT2D eigenvalue weighted by Gasteiger charge is -1.91. The lowest BCUT2D eigenvalue weighted by molar-refractivity contribution is 0.100. The summed E-state index contributed by atoms with van der Waals surface area (Å²) >= 11 is 0. The van der Waals surface area contributed by atoms with E-state index in [1.165, 1.54) is 0 Å². The van der Waals surface area contributed by atoms with Gasteiger partial charge in [0.15, 0.2) is 0 Å². The van der Waals surface area contributed by atoms with E-state index in [0.29, 0.717) is 10.9 Å². The Bertz CT molecular complexity index is 761. The van der Waals surface area contributed by atoms with Gasteiger partial charge in [-0.2, -0.15) is 5.10 Å². The molecule has 1 heterocycles. The molecule has 0 spiro atoms. The second-order valence-electron chi connectivity index (χ2n) is 4.02. The fourth-order valence-electron chi connectivity index (χ4n) is 1.64. The van der Waals surface area contributed by atoms with Crippen LogP contribution in [0.25, 0.3) is 10.8 Å². The van der Waals surface area contributed by atoms with Crippen molar-refractivity contribution in [2.24, 2.45) is 5.73 Å². The summed E-state index contributed by atoms with van der Waals surface area (Å²) in [6.45, 7) is 0. The zero-order valence-corrected chi connectivity index (χ0v) is 10.6. The molecule has 1 amide bonds. The standard InChI is InChI=1S/C8H6N2O.C7H7NO/c11-8-7-4-2-1-3-6(7)5-9-10-8;8-7(9)6-4-2-1-3-5-6/h1-5H,(H,10,11);1-5H,(H2,8,9). The Morgan fingerprint density at radius 1 is 1.00 bits per heavy atom. The number of amides is 1. The highest BCUT2D eigenvalue weighted by Crippen LogP contribution is 2.04. The third-order valence-corrected chi connectivity index (χ3v) is 2.63. The molecular weight excluding hydrogens is 254 g/mol. The first kappa shape index (κ1) is 13.5. The number of primary amides is 1. The van der Waals surface area contributed by atoms with Crippen LogP contribution in [0.5, 0.6) is 0 Å². The molecule has 3 aromatic rings. The van der Waals surface area contributed by atoms with E-state index < -0.39 is 0 Å². The summed E-state index contributed by atoms with van der Waals surface area (Å²) in [5.41, 5.74) is 5.39. The van der Waals surface area contributed by atoms with Gasteiger partial charge >= 0.3 is 0 Å². The van der Waals surface area contributed by atoms with Crippen LogP contribution in [0.2, 0.25) is 0 Å². The van der Waals surface area contributed by atoms with Crippen molar-refractivity contribution < 1.29 is 4.79 Å². The van der Waals surface area contributed by atoms with Crippen LogP contribution in [0, 0.1) is 0 Å². The summed E-state index contributed by atoms with van der Waals surface area (Å²) in [6, 6.07) is 16.1. The minimum absolute atomic E-state index is 0.136. The molecule has 0 atom stereocenters. The van der Waals surface area contributed by atoms with Crippen LogP contribution in [0.4, 0.5) is 0 Å². The second kappa shape index (κ2) is 6.29. The maximum absolute atomic E-state index is 11.1. The van der Waals surface area contributed by atoms with Crippen LogP contribution >= 0.6 is 0 Å². The topological polar surface area (TPSA) is 88.8 Å². The highest BCUT2D eigenvalue weighted by atomic mass is 16.1. The van der Waals surface area contributed by atoms with E-state index in [0.717, 1.165) is 5.39 Å².